The number of anilines is 1. The summed E-state index contributed by atoms with van der Waals surface area (Å²) in [6.07, 6.45) is 2.61. The van der Waals surface area contributed by atoms with E-state index in [-0.39, 0.29) is 5.91 Å². The normalized spacial score (nSPS) is 13.1. The molecule has 0 spiro atoms. The van der Waals surface area contributed by atoms with Gasteiger partial charge in [-0.05, 0) is 42.2 Å². The number of fused-ring (bicyclic) bond motifs is 1. The number of amides is 1. The maximum absolute atomic E-state index is 13.0. The minimum absolute atomic E-state index is 0.0607. The van der Waals surface area contributed by atoms with Crippen LogP contribution in [0.3, 0.4) is 0 Å². The number of benzene rings is 2. The van der Waals surface area contributed by atoms with Crippen LogP contribution >= 0.6 is 0 Å². The first-order valence-electron chi connectivity index (χ1n) is 9.30. The second-order valence-electron chi connectivity index (χ2n) is 7.02. The van der Waals surface area contributed by atoms with Gasteiger partial charge in [0.05, 0.1) is 0 Å². The van der Waals surface area contributed by atoms with E-state index in [1.165, 1.54) is 22.3 Å². The summed E-state index contributed by atoms with van der Waals surface area (Å²) in [6, 6.07) is 20.4. The molecule has 2 aromatic carbocycles. The SMILES string of the molecule is Cc1cccc(CNc2cc(C(=O)N3CCc4ccccc4C3)ccn2)c1. The molecule has 0 atom stereocenters. The Hall–Kier alpha value is -3.14. The van der Waals surface area contributed by atoms with E-state index in [1.54, 1.807) is 12.3 Å². The summed E-state index contributed by atoms with van der Waals surface area (Å²) in [5, 5.41) is 3.32. The zero-order valence-corrected chi connectivity index (χ0v) is 15.5. The number of nitrogens with zero attached hydrogens (tertiary/aromatic N) is 2. The third kappa shape index (κ3) is 4.00. The summed E-state index contributed by atoms with van der Waals surface area (Å²) >= 11 is 0. The maximum Gasteiger partial charge on any atom is 0.254 e. The Morgan fingerprint density at radius 3 is 2.78 bits per heavy atom. The molecule has 3 aromatic rings. The van der Waals surface area contributed by atoms with Crippen LogP contribution in [0.5, 0.6) is 0 Å². The maximum atomic E-state index is 13.0. The minimum Gasteiger partial charge on any atom is -0.366 e. The molecule has 0 aliphatic carbocycles. The van der Waals surface area contributed by atoms with Crippen LogP contribution in [-0.4, -0.2) is 22.3 Å². The highest BCUT2D eigenvalue weighted by molar-refractivity contribution is 5.95. The first-order chi connectivity index (χ1) is 13.2. The van der Waals surface area contributed by atoms with E-state index in [0.29, 0.717) is 18.7 Å². The molecule has 1 aromatic heterocycles. The van der Waals surface area contributed by atoms with Crippen LogP contribution in [0.2, 0.25) is 0 Å². The Bertz CT molecular complexity index is 967. The number of hydrogen-bond donors (Lipinski definition) is 1. The van der Waals surface area contributed by atoms with Crippen molar-refractivity contribution in [3.63, 3.8) is 0 Å². The third-order valence-corrected chi connectivity index (χ3v) is 4.98. The van der Waals surface area contributed by atoms with E-state index in [0.717, 1.165) is 18.8 Å². The third-order valence-electron chi connectivity index (χ3n) is 4.98. The van der Waals surface area contributed by atoms with Crippen molar-refractivity contribution in [2.45, 2.75) is 26.4 Å². The van der Waals surface area contributed by atoms with Gasteiger partial charge in [0.25, 0.3) is 5.91 Å². The van der Waals surface area contributed by atoms with Crippen LogP contribution in [0.15, 0.2) is 66.9 Å². The van der Waals surface area contributed by atoms with Crippen LogP contribution in [-0.2, 0) is 19.5 Å². The minimum atomic E-state index is 0.0607. The molecule has 0 fully saturated rings. The fraction of sp³-hybridized carbons (Fsp3) is 0.217. The predicted octanol–water partition coefficient (Wildman–Crippen LogP) is 4.20. The van der Waals surface area contributed by atoms with Crippen molar-refractivity contribution in [1.82, 2.24) is 9.88 Å². The number of pyridine rings is 1. The van der Waals surface area contributed by atoms with Crippen LogP contribution < -0.4 is 5.32 Å². The van der Waals surface area contributed by atoms with E-state index < -0.39 is 0 Å². The highest BCUT2D eigenvalue weighted by atomic mass is 16.2. The molecule has 1 amide bonds. The molecular weight excluding hydrogens is 334 g/mol. The molecule has 0 radical (unpaired) electrons. The summed E-state index contributed by atoms with van der Waals surface area (Å²) < 4.78 is 0. The van der Waals surface area contributed by atoms with Gasteiger partial charge < -0.3 is 10.2 Å². The van der Waals surface area contributed by atoms with Gasteiger partial charge in [0.1, 0.15) is 5.82 Å². The fourth-order valence-electron chi connectivity index (χ4n) is 3.53. The van der Waals surface area contributed by atoms with Gasteiger partial charge in [-0.2, -0.15) is 0 Å². The van der Waals surface area contributed by atoms with Crippen LogP contribution in [0.25, 0.3) is 0 Å². The van der Waals surface area contributed by atoms with Crippen molar-refractivity contribution in [2.24, 2.45) is 0 Å². The molecule has 1 N–H and O–H groups in total. The lowest BCUT2D eigenvalue weighted by atomic mass is 9.99. The summed E-state index contributed by atoms with van der Waals surface area (Å²) in [4.78, 5) is 19.2. The number of carbonyl (C=O) groups excluding carboxylic acids is 1. The molecule has 4 heteroatoms. The summed E-state index contributed by atoms with van der Waals surface area (Å²) in [7, 11) is 0. The van der Waals surface area contributed by atoms with Crippen molar-refractivity contribution < 1.29 is 4.79 Å². The highest BCUT2D eigenvalue weighted by Crippen LogP contribution is 2.21. The van der Waals surface area contributed by atoms with Crippen LogP contribution in [0.4, 0.5) is 5.82 Å². The topological polar surface area (TPSA) is 45.2 Å². The highest BCUT2D eigenvalue weighted by Gasteiger charge is 2.21. The largest absolute Gasteiger partial charge is 0.366 e. The predicted molar refractivity (Wildman–Crippen MR) is 108 cm³/mol. The Morgan fingerprint density at radius 1 is 1.07 bits per heavy atom. The molecule has 4 rings (SSSR count). The van der Waals surface area contributed by atoms with E-state index in [4.69, 9.17) is 0 Å². The number of nitrogens with one attached hydrogen (secondary N) is 1. The van der Waals surface area contributed by atoms with Gasteiger partial charge in [-0.1, -0.05) is 54.1 Å². The van der Waals surface area contributed by atoms with Crippen molar-refractivity contribution in [1.29, 1.82) is 0 Å². The zero-order chi connectivity index (χ0) is 18.6. The molecule has 0 bridgehead atoms. The molecule has 0 saturated carbocycles. The number of carbonyl (C=O) groups is 1. The lowest BCUT2D eigenvalue weighted by Crippen LogP contribution is -2.35. The Labute approximate surface area is 159 Å². The molecule has 27 heavy (non-hydrogen) atoms. The second kappa shape index (κ2) is 7.62. The monoisotopic (exact) mass is 357 g/mol. The quantitative estimate of drug-likeness (QED) is 0.761. The summed E-state index contributed by atoms with van der Waals surface area (Å²) in [6.45, 7) is 4.19. The Morgan fingerprint density at radius 2 is 1.93 bits per heavy atom. The average molecular weight is 357 g/mol. The van der Waals surface area contributed by atoms with Crippen molar-refractivity contribution >= 4 is 11.7 Å². The molecule has 2 heterocycles. The van der Waals surface area contributed by atoms with Crippen molar-refractivity contribution in [2.75, 3.05) is 11.9 Å². The summed E-state index contributed by atoms with van der Waals surface area (Å²) in [5.41, 5.74) is 5.69. The number of hydrogen-bond acceptors (Lipinski definition) is 3. The number of aromatic nitrogens is 1. The van der Waals surface area contributed by atoms with E-state index in [2.05, 4.69) is 53.6 Å². The van der Waals surface area contributed by atoms with E-state index in [9.17, 15) is 4.79 Å². The van der Waals surface area contributed by atoms with Crippen molar-refractivity contribution in [3.8, 4) is 0 Å². The van der Waals surface area contributed by atoms with E-state index in [1.807, 2.05) is 23.1 Å². The fourth-order valence-corrected chi connectivity index (χ4v) is 3.53. The second-order valence-corrected chi connectivity index (χ2v) is 7.02. The smallest absolute Gasteiger partial charge is 0.254 e. The molecule has 0 unspecified atom stereocenters. The van der Waals surface area contributed by atoms with Crippen molar-refractivity contribution in [3.05, 3.63) is 94.7 Å². The van der Waals surface area contributed by atoms with Gasteiger partial charge >= 0.3 is 0 Å². The number of rotatable bonds is 4. The molecule has 1 aliphatic rings. The van der Waals surface area contributed by atoms with E-state index >= 15 is 0 Å². The molecule has 0 saturated heterocycles. The molecule has 1 aliphatic heterocycles. The molecular formula is C23H23N3O. The first-order valence-corrected chi connectivity index (χ1v) is 9.30. The number of aryl methyl sites for hydroxylation is 1. The van der Waals surface area contributed by atoms with Gasteiger partial charge in [0.2, 0.25) is 0 Å². The van der Waals surface area contributed by atoms with Gasteiger partial charge in [-0.25, -0.2) is 4.98 Å². The van der Waals surface area contributed by atoms with Gasteiger partial charge in [-0.3, -0.25) is 4.79 Å². The Balaban J connectivity index is 1.45. The lowest BCUT2D eigenvalue weighted by Gasteiger charge is -2.29. The van der Waals surface area contributed by atoms with Crippen LogP contribution in [0, 0.1) is 6.92 Å². The lowest BCUT2D eigenvalue weighted by molar-refractivity contribution is 0.0734. The van der Waals surface area contributed by atoms with Gasteiger partial charge in [0.15, 0.2) is 0 Å². The zero-order valence-electron chi connectivity index (χ0n) is 15.5. The average Bonchev–Trinajstić information content (AvgIpc) is 2.71. The van der Waals surface area contributed by atoms with Gasteiger partial charge in [0, 0.05) is 31.4 Å². The molecule has 136 valence electrons. The standard InChI is InChI=1S/C23H23N3O/c1-17-5-4-6-18(13-17)15-25-22-14-20(9-11-24-22)23(27)26-12-10-19-7-2-3-8-21(19)16-26/h2-9,11,13-14H,10,12,15-16H2,1H3,(H,24,25). The Kier molecular flexibility index (Phi) is 4.88. The first kappa shape index (κ1) is 17.3. The van der Waals surface area contributed by atoms with Crippen LogP contribution in [0.1, 0.15) is 32.6 Å². The summed E-state index contributed by atoms with van der Waals surface area (Å²) in [5.74, 6) is 0.783. The van der Waals surface area contributed by atoms with Gasteiger partial charge in [-0.15, -0.1) is 0 Å². The molecule has 4 nitrogen and oxygen atoms in total.